The van der Waals surface area contributed by atoms with Crippen LogP contribution in [0.1, 0.15) is 25.7 Å². The van der Waals surface area contributed by atoms with Gasteiger partial charge in [-0.15, -0.1) is 0 Å². The second-order valence-electron chi connectivity index (χ2n) is 7.33. The van der Waals surface area contributed by atoms with Crippen LogP contribution in [0.4, 0.5) is 5.69 Å². The number of nitrogens with zero attached hydrogens (tertiary/aromatic N) is 2. The molecule has 2 aliphatic rings. The molecule has 2 saturated heterocycles. The molecule has 26 heavy (non-hydrogen) atoms. The van der Waals surface area contributed by atoms with Crippen LogP contribution in [0, 0.1) is 5.92 Å². The number of hydrogen-bond donors (Lipinski definition) is 1. The van der Waals surface area contributed by atoms with Crippen molar-refractivity contribution in [1.29, 1.82) is 0 Å². The Morgan fingerprint density at radius 2 is 1.69 bits per heavy atom. The molecular formula is C20H30BrN3O2. The number of ether oxygens (including phenoxy) is 1. The Bertz CT molecular complexity index is 553. The van der Waals surface area contributed by atoms with E-state index in [9.17, 15) is 4.79 Å². The van der Waals surface area contributed by atoms with Gasteiger partial charge in [-0.05, 0) is 69.1 Å². The minimum atomic E-state index is 0.0989. The first kappa shape index (κ1) is 19.8. The summed E-state index contributed by atoms with van der Waals surface area (Å²) < 4.78 is 6.43. The average molecular weight is 424 g/mol. The first-order valence-electron chi connectivity index (χ1n) is 9.77. The minimum absolute atomic E-state index is 0.0989. The molecule has 0 aliphatic carbocycles. The van der Waals surface area contributed by atoms with Crippen LogP contribution in [0.2, 0.25) is 0 Å². The Balaban J connectivity index is 1.28. The van der Waals surface area contributed by atoms with Gasteiger partial charge >= 0.3 is 0 Å². The lowest BCUT2D eigenvalue weighted by atomic mass is 9.93. The zero-order valence-corrected chi connectivity index (χ0v) is 17.0. The maximum absolute atomic E-state index is 12.1. The van der Waals surface area contributed by atoms with E-state index >= 15 is 0 Å². The van der Waals surface area contributed by atoms with E-state index in [1.165, 1.54) is 25.8 Å². The number of nitrogens with one attached hydrogen (secondary N) is 1. The summed E-state index contributed by atoms with van der Waals surface area (Å²) in [7, 11) is 0. The van der Waals surface area contributed by atoms with Gasteiger partial charge < -0.3 is 15.0 Å². The number of carbonyl (C=O) groups is 1. The van der Waals surface area contributed by atoms with Crippen molar-refractivity contribution in [2.45, 2.75) is 25.7 Å². The molecule has 2 fully saturated rings. The number of hydrogen-bond acceptors (Lipinski definition) is 4. The van der Waals surface area contributed by atoms with Gasteiger partial charge in [-0.2, -0.15) is 0 Å². The number of rotatable bonds is 7. The predicted octanol–water partition coefficient (Wildman–Crippen LogP) is 3.21. The van der Waals surface area contributed by atoms with E-state index in [1.807, 2.05) is 24.3 Å². The van der Waals surface area contributed by atoms with Crippen LogP contribution < -0.4 is 5.32 Å². The van der Waals surface area contributed by atoms with Gasteiger partial charge in [0.15, 0.2) is 0 Å². The molecule has 1 amide bonds. The lowest BCUT2D eigenvalue weighted by molar-refractivity contribution is -0.116. The highest BCUT2D eigenvalue weighted by Gasteiger charge is 2.20. The van der Waals surface area contributed by atoms with E-state index in [-0.39, 0.29) is 5.91 Å². The summed E-state index contributed by atoms with van der Waals surface area (Å²) in [5, 5.41) is 2.97. The Morgan fingerprint density at radius 3 is 2.38 bits per heavy atom. The van der Waals surface area contributed by atoms with Gasteiger partial charge in [-0.25, -0.2) is 0 Å². The largest absolute Gasteiger partial charge is 0.379 e. The van der Waals surface area contributed by atoms with Crippen molar-refractivity contribution in [2.75, 3.05) is 57.8 Å². The molecule has 0 aromatic heterocycles. The van der Waals surface area contributed by atoms with E-state index in [2.05, 4.69) is 31.0 Å². The van der Waals surface area contributed by atoms with Gasteiger partial charge in [0.05, 0.1) is 13.2 Å². The van der Waals surface area contributed by atoms with E-state index in [4.69, 9.17) is 4.74 Å². The van der Waals surface area contributed by atoms with E-state index in [1.54, 1.807) is 0 Å². The molecule has 5 nitrogen and oxygen atoms in total. The lowest BCUT2D eigenvalue weighted by Gasteiger charge is -2.33. The molecule has 0 spiro atoms. The maximum Gasteiger partial charge on any atom is 0.225 e. The second-order valence-corrected chi connectivity index (χ2v) is 8.25. The third-order valence-electron chi connectivity index (χ3n) is 5.45. The number of piperidine rings is 1. The molecule has 0 saturated carbocycles. The Hall–Kier alpha value is -0.950. The SMILES string of the molecule is O=C(CCN1CCC(CCN2CCOCC2)CC1)Nc1ccc(Br)cc1. The standard InChI is InChI=1S/C20H30BrN3O2/c21-18-1-3-19(4-2-18)22-20(25)8-12-23-9-5-17(6-10-23)7-11-24-13-15-26-16-14-24/h1-4,17H,5-16H2,(H,22,25). The number of halogens is 1. The molecule has 3 rings (SSSR count). The molecule has 2 heterocycles. The topological polar surface area (TPSA) is 44.8 Å². The van der Waals surface area contributed by atoms with Gasteiger partial charge in [-0.3, -0.25) is 9.69 Å². The van der Waals surface area contributed by atoms with E-state index < -0.39 is 0 Å². The number of carbonyl (C=O) groups excluding carboxylic acids is 1. The van der Waals surface area contributed by atoms with E-state index in [0.717, 1.165) is 62.0 Å². The fraction of sp³-hybridized carbons (Fsp3) is 0.650. The van der Waals surface area contributed by atoms with Crippen molar-refractivity contribution in [3.63, 3.8) is 0 Å². The zero-order valence-electron chi connectivity index (χ0n) is 15.5. The first-order valence-corrected chi connectivity index (χ1v) is 10.6. The monoisotopic (exact) mass is 423 g/mol. The minimum Gasteiger partial charge on any atom is -0.379 e. The number of likely N-dealkylation sites (tertiary alicyclic amines) is 1. The van der Waals surface area contributed by atoms with Crippen molar-refractivity contribution >= 4 is 27.5 Å². The van der Waals surface area contributed by atoms with Crippen LogP contribution in [0.3, 0.4) is 0 Å². The van der Waals surface area contributed by atoms with Crippen molar-refractivity contribution in [1.82, 2.24) is 9.80 Å². The molecule has 1 N–H and O–H groups in total. The Kier molecular flexibility index (Phi) is 7.92. The van der Waals surface area contributed by atoms with Crippen LogP contribution in [0.25, 0.3) is 0 Å². The highest BCUT2D eigenvalue weighted by Crippen LogP contribution is 2.21. The van der Waals surface area contributed by atoms with Crippen molar-refractivity contribution in [2.24, 2.45) is 5.92 Å². The van der Waals surface area contributed by atoms with Gasteiger partial charge in [0, 0.05) is 36.2 Å². The highest BCUT2D eigenvalue weighted by molar-refractivity contribution is 9.10. The van der Waals surface area contributed by atoms with Gasteiger partial charge in [0.25, 0.3) is 0 Å². The van der Waals surface area contributed by atoms with E-state index in [0.29, 0.717) is 6.42 Å². The Morgan fingerprint density at radius 1 is 1.04 bits per heavy atom. The van der Waals surface area contributed by atoms with Crippen LogP contribution >= 0.6 is 15.9 Å². The van der Waals surface area contributed by atoms with Gasteiger partial charge in [0.1, 0.15) is 0 Å². The third kappa shape index (κ3) is 6.65. The second kappa shape index (κ2) is 10.4. The third-order valence-corrected chi connectivity index (χ3v) is 5.98. The quantitative estimate of drug-likeness (QED) is 0.730. The molecular weight excluding hydrogens is 394 g/mol. The molecule has 0 atom stereocenters. The molecule has 6 heteroatoms. The van der Waals surface area contributed by atoms with Crippen LogP contribution in [0.5, 0.6) is 0 Å². The van der Waals surface area contributed by atoms with Crippen molar-refractivity contribution < 1.29 is 9.53 Å². The maximum atomic E-state index is 12.1. The molecule has 0 bridgehead atoms. The molecule has 0 radical (unpaired) electrons. The fourth-order valence-corrected chi connectivity index (χ4v) is 3.97. The Labute approximate surface area is 165 Å². The summed E-state index contributed by atoms with van der Waals surface area (Å²) in [6.45, 7) is 8.28. The summed E-state index contributed by atoms with van der Waals surface area (Å²) in [6, 6.07) is 7.72. The number of morpholine rings is 1. The summed E-state index contributed by atoms with van der Waals surface area (Å²) >= 11 is 3.41. The van der Waals surface area contributed by atoms with Gasteiger partial charge in [-0.1, -0.05) is 15.9 Å². The predicted molar refractivity (Wildman–Crippen MR) is 108 cm³/mol. The molecule has 1 aromatic rings. The summed E-state index contributed by atoms with van der Waals surface area (Å²) in [6.07, 6.45) is 4.39. The number of benzene rings is 1. The first-order chi connectivity index (χ1) is 12.7. The summed E-state index contributed by atoms with van der Waals surface area (Å²) in [5.74, 6) is 0.937. The lowest BCUT2D eigenvalue weighted by Crippen LogP contribution is -2.39. The van der Waals surface area contributed by atoms with Crippen LogP contribution in [-0.4, -0.2) is 68.2 Å². The van der Waals surface area contributed by atoms with Gasteiger partial charge in [0.2, 0.25) is 5.91 Å². The number of anilines is 1. The normalized spacial score (nSPS) is 20.2. The number of amides is 1. The smallest absolute Gasteiger partial charge is 0.225 e. The van der Waals surface area contributed by atoms with Crippen molar-refractivity contribution in [3.8, 4) is 0 Å². The molecule has 1 aromatic carbocycles. The van der Waals surface area contributed by atoms with Crippen LogP contribution in [-0.2, 0) is 9.53 Å². The summed E-state index contributed by atoms with van der Waals surface area (Å²) in [5.41, 5.74) is 0.861. The molecule has 144 valence electrons. The summed E-state index contributed by atoms with van der Waals surface area (Å²) in [4.78, 5) is 17.1. The average Bonchev–Trinajstić information content (AvgIpc) is 2.68. The zero-order chi connectivity index (χ0) is 18.2. The molecule has 2 aliphatic heterocycles. The van der Waals surface area contributed by atoms with Crippen LogP contribution in [0.15, 0.2) is 28.7 Å². The molecule has 0 unspecified atom stereocenters. The fourth-order valence-electron chi connectivity index (χ4n) is 3.71. The highest BCUT2D eigenvalue weighted by atomic mass is 79.9. The van der Waals surface area contributed by atoms with Crippen molar-refractivity contribution in [3.05, 3.63) is 28.7 Å².